The van der Waals surface area contributed by atoms with Crippen LogP contribution < -0.4 is 0 Å². The monoisotopic (exact) mass is 356 g/mol. The Hall–Kier alpha value is -1.35. The predicted octanol–water partition coefficient (Wildman–Crippen LogP) is 4.72. The number of esters is 1. The zero-order valence-electron chi connectivity index (χ0n) is 16.6. The Kier molecular flexibility index (Phi) is 6.39. The van der Waals surface area contributed by atoms with Crippen LogP contribution in [-0.2, 0) is 16.1 Å². The molecule has 0 N–H and O–H groups in total. The summed E-state index contributed by atoms with van der Waals surface area (Å²) in [6.07, 6.45) is 4.45. The average Bonchev–Trinajstić information content (AvgIpc) is 2.96. The van der Waals surface area contributed by atoms with Crippen molar-refractivity contribution in [3.8, 4) is 0 Å². The molecule has 1 radical (unpaired) electrons. The maximum Gasteiger partial charge on any atom is 0.323 e. The summed E-state index contributed by atoms with van der Waals surface area (Å²) in [5.41, 5.74) is 1.24. The number of likely N-dealkylation sites (tertiary alicyclic amines) is 1. The molecule has 0 aromatic heterocycles. The van der Waals surface area contributed by atoms with Gasteiger partial charge in [-0.25, -0.2) is 0 Å². The molecule has 2 aliphatic rings. The van der Waals surface area contributed by atoms with E-state index in [1.165, 1.54) is 18.4 Å². The Morgan fingerprint density at radius 3 is 2.65 bits per heavy atom. The first-order valence-electron chi connectivity index (χ1n) is 10.3. The van der Waals surface area contributed by atoms with Crippen LogP contribution in [-0.4, -0.2) is 29.6 Å². The van der Waals surface area contributed by atoms with Crippen molar-refractivity contribution in [3.05, 3.63) is 42.8 Å². The van der Waals surface area contributed by atoms with Gasteiger partial charge < -0.3 is 4.74 Å². The van der Waals surface area contributed by atoms with Gasteiger partial charge in [-0.3, -0.25) is 9.69 Å². The topological polar surface area (TPSA) is 29.5 Å². The van der Waals surface area contributed by atoms with Crippen molar-refractivity contribution >= 4 is 5.97 Å². The van der Waals surface area contributed by atoms with Crippen molar-refractivity contribution in [1.29, 1.82) is 0 Å². The first-order chi connectivity index (χ1) is 12.5. The summed E-state index contributed by atoms with van der Waals surface area (Å²) in [6.45, 7) is 12.7. The molecular formula is C23H34NO2. The molecule has 3 rings (SSSR count). The number of benzene rings is 1. The highest BCUT2D eigenvalue weighted by molar-refractivity contribution is 5.77. The minimum absolute atomic E-state index is 0.0526. The molecule has 3 heteroatoms. The summed E-state index contributed by atoms with van der Waals surface area (Å²) >= 11 is 0. The summed E-state index contributed by atoms with van der Waals surface area (Å²) < 4.78 is 6.14. The SMILES string of the molecule is [CH2][C@@H]1CCN(Cc2ccccc2)[C@@H]1C(=O)OC1CC(C)CCC1C(C)C. The van der Waals surface area contributed by atoms with Crippen molar-refractivity contribution < 1.29 is 9.53 Å². The Morgan fingerprint density at radius 1 is 1.23 bits per heavy atom. The van der Waals surface area contributed by atoms with Crippen molar-refractivity contribution in [1.82, 2.24) is 4.90 Å². The largest absolute Gasteiger partial charge is 0.461 e. The average molecular weight is 357 g/mol. The number of rotatable bonds is 5. The third-order valence-corrected chi connectivity index (χ3v) is 6.33. The minimum atomic E-state index is -0.208. The van der Waals surface area contributed by atoms with Crippen molar-refractivity contribution in [3.63, 3.8) is 0 Å². The molecule has 1 aliphatic carbocycles. The van der Waals surface area contributed by atoms with Gasteiger partial charge in [0.1, 0.15) is 12.1 Å². The van der Waals surface area contributed by atoms with Gasteiger partial charge in [0.15, 0.2) is 0 Å². The first-order valence-corrected chi connectivity index (χ1v) is 10.3. The van der Waals surface area contributed by atoms with Crippen LogP contribution in [0, 0.1) is 30.6 Å². The Bertz CT molecular complexity index is 585. The third-order valence-electron chi connectivity index (χ3n) is 6.33. The number of carbonyl (C=O) groups is 1. The van der Waals surface area contributed by atoms with E-state index in [0.717, 1.165) is 25.9 Å². The van der Waals surface area contributed by atoms with Gasteiger partial charge in [-0.1, -0.05) is 57.5 Å². The lowest BCUT2D eigenvalue weighted by Crippen LogP contribution is -2.44. The van der Waals surface area contributed by atoms with Gasteiger partial charge in [0.05, 0.1) is 0 Å². The smallest absolute Gasteiger partial charge is 0.323 e. The first kappa shape index (κ1) is 19.4. The molecule has 26 heavy (non-hydrogen) atoms. The molecule has 2 fully saturated rings. The van der Waals surface area contributed by atoms with E-state index >= 15 is 0 Å². The molecule has 0 bridgehead atoms. The summed E-state index contributed by atoms with van der Waals surface area (Å²) in [4.78, 5) is 15.4. The normalized spacial score (nSPS) is 32.7. The minimum Gasteiger partial charge on any atom is -0.461 e. The quantitative estimate of drug-likeness (QED) is 0.715. The lowest BCUT2D eigenvalue weighted by atomic mass is 9.75. The van der Waals surface area contributed by atoms with E-state index in [2.05, 4.69) is 56.9 Å². The molecule has 1 saturated carbocycles. The molecule has 1 aromatic carbocycles. The summed E-state index contributed by atoms with van der Waals surface area (Å²) in [5.74, 6) is 1.75. The molecule has 3 nitrogen and oxygen atoms in total. The van der Waals surface area contributed by atoms with E-state index in [9.17, 15) is 4.79 Å². The molecular weight excluding hydrogens is 322 g/mol. The molecule has 1 heterocycles. The van der Waals surface area contributed by atoms with E-state index in [1.807, 2.05) is 6.07 Å². The van der Waals surface area contributed by atoms with E-state index in [0.29, 0.717) is 17.8 Å². The molecule has 3 unspecified atom stereocenters. The lowest BCUT2D eigenvalue weighted by Gasteiger charge is -2.38. The number of carbonyl (C=O) groups excluding carboxylic acids is 1. The van der Waals surface area contributed by atoms with Crippen LogP contribution in [0.25, 0.3) is 0 Å². The second kappa shape index (κ2) is 8.56. The van der Waals surface area contributed by atoms with Crippen molar-refractivity contribution in [2.24, 2.45) is 23.7 Å². The van der Waals surface area contributed by atoms with Crippen LogP contribution in [0.4, 0.5) is 0 Å². The van der Waals surface area contributed by atoms with E-state index < -0.39 is 0 Å². The van der Waals surface area contributed by atoms with Crippen LogP contribution in [0.5, 0.6) is 0 Å². The van der Waals surface area contributed by atoms with Gasteiger partial charge >= 0.3 is 5.97 Å². The van der Waals surface area contributed by atoms with Crippen LogP contribution in [0.2, 0.25) is 0 Å². The number of ether oxygens (including phenoxy) is 1. The Labute approximate surface area is 159 Å². The second-order valence-corrected chi connectivity index (χ2v) is 8.75. The molecule has 1 aromatic rings. The van der Waals surface area contributed by atoms with Crippen LogP contribution in [0.1, 0.15) is 52.0 Å². The molecule has 0 amide bonds. The highest BCUT2D eigenvalue weighted by Gasteiger charge is 2.41. The maximum absolute atomic E-state index is 13.1. The Balaban J connectivity index is 1.67. The fourth-order valence-corrected chi connectivity index (χ4v) is 4.73. The third kappa shape index (κ3) is 4.49. The molecule has 5 atom stereocenters. The lowest BCUT2D eigenvalue weighted by molar-refractivity contribution is -0.162. The fourth-order valence-electron chi connectivity index (χ4n) is 4.73. The van der Waals surface area contributed by atoms with Gasteiger partial charge in [0, 0.05) is 6.54 Å². The number of hydrogen-bond acceptors (Lipinski definition) is 3. The molecule has 1 saturated heterocycles. The zero-order chi connectivity index (χ0) is 18.7. The Morgan fingerprint density at radius 2 is 1.96 bits per heavy atom. The predicted molar refractivity (Wildman–Crippen MR) is 105 cm³/mol. The summed E-state index contributed by atoms with van der Waals surface area (Å²) in [6, 6.07) is 10.2. The van der Waals surface area contributed by atoms with Crippen LogP contribution in [0.3, 0.4) is 0 Å². The number of nitrogens with zero attached hydrogens (tertiary/aromatic N) is 1. The fraction of sp³-hybridized carbons (Fsp3) is 0.652. The van der Waals surface area contributed by atoms with Gasteiger partial charge in [-0.15, -0.1) is 0 Å². The van der Waals surface area contributed by atoms with Gasteiger partial charge in [-0.2, -0.15) is 0 Å². The molecule has 143 valence electrons. The van der Waals surface area contributed by atoms with Crippen LogP contribution >= 0.6 is 0 Å². The highest BCUT2D eigenvalue weighted by atomic mass is 16.5. The maximum atomic E-state index is 13.1. The van der Waals surface area contributed by atoms with E-state index in [4.69, 9.17) is 4.74 Å². The van der Waals surface area contributed by atoms with Crippen molar-refractivity contribution in [2.45, 2.75) is 65.1 Å². The zero-order valence-corrected chi connectivity index (χ0v) is 16.6. The van der Waals surface area contributed by atoms with E-state index in [1.54, 1.807) is 0 Å². The molecule has 0 spiro atoms. The summed E-state index contributed by atoms with van der Waals surface area (Å²) in [5, 5.41) is 0. The van der Waals surface area contributed by atoms with Gasteiger partial charge in [-0.05, 0) is 62.0 Å². The summed E-state index contributed by atoms with van der Waals surface area (Å²) in [7, 11) is 0. The molecule has 1 aliphatic heterocycles. The van der Waals surface area contributed by atoms with E-state index in [-0.39, 0.29) is 24.0 Å². The van der Waals surface area contributed by atoms with Gasteiger partial charge in [0.2, 0.25) is 0 Å². The van der Waals surface area contributed by atoms with Gasteiger partial charge in [0.25, 0.3) is 0 Å². The van der Waals surface area contributed by atoms with Crippen LogP contribution in [0.15, 0.2) is 30.3 Å². The standard InChI is InChI=1S/C23H34NO2/c1-16(2)20-11-10-17(3)14-21(20)26-23(25)22-18(4)12-13-24(22)15-19-8-6-5-7-9-19/h5-9,16-18,20-22H,4,10-15H2,1-3H3/t17?,18-,20?,21?,22+/m1/s1. The van der Waals surface area contributed by atoms with Crippen molar-refractivity contribution in [2.75, 3.05) is 6.54 Å². The highest BCUT2D eigenvalue weighted by Crippen LogP contribution is 2.36. The second-order valence-electron chi connectivity index (χ2n) is 8.75. The number of hydrogen-bond donors (Lipinski definition) is 0.